The maximum atomic E-state index is 11.4. The van der Waals surface area contributed by atoms with E-state index in [0.717, 1.165) is 25.3 Å². The first-order chi connectivity index (χ1) is 8.08. The Bertz CT molecular complexity index is 331. The third kappa shape index (κ3) is 4.30. The molecular weight excluding hydrogens is 222 g/mol. The van der Waals surface area contributed by atoms with Crippen molar-refractivity contribution in [1.82, 2.24) is 5.32 Å². The van der Waals surface area contributed by atoms with Crippen LogP contribution in [0.15, 0.2) is 24.8 Å². The van der Waals surface area contributed by atoms with Gasteiger partial charge < -0.3 is 15.2 Å². The minimum absolute atomic E-state index is 0.173. The molecule has 0 aromatic rings. The minimum atomic E-state index is -0.978. The fraction of sp³-hybridized carbons (Fsp3) is 0.500. The molecule has 1 saturated carbocycles. The Morgan fingerprint density at radius 1 is 1.47 bits per heavy atom. The molecule has 1 aliphatic rings. The summed E-state index contributed by atoms with van der Waals surface area (Å²) in [6, 6.07) is 0. The molecule has 94 valence electrons. The molecule has 2 N–H and O–H groups in total. The van der Waals surface area contributed by atoms with Crippen molar-refractivity contribution in [1.29, 1.82) is 0 Å². The normalized spacial score (nSPS) is 17.2. The Labute approximate surface area is 100 Å². The Balaban J connectivity index is 2.42. The Kier molecular flexibility index (Phi) is 4.75. The summed E-state index contributed by atoms with van der Waals surface area (Å²) in [4.78, 5) is 21.7. The van der Waals surface area contributed by atoms with Crippen molar-refractivity contribution in [3.05, 3.63) is 24.8 Å². The summed E-state index contributed by atoms with van der Waals surface area (Å²) in [5.74, 6) is -0.978. The number of rotatable bonds is 6. The lowest BCUT2D eigenvalue weighted by Gasteiger charge is -2.41. The van der Waals surface area contributed by atoms with Crippen molar-refractivity contribution in [3.63, 3.8) is 0 Å². The zero-order valence-electron chi connectivity index (χ0n) is 9.65. The molecule has 1 amide bonds. The number of aliphatic carboxylic acids is 1. The van der Waals surface area contributed by atoms with Crippen molar-refractivity contribution in [2.75, 3.05) is 6.61 Å². The topological polar surface area (TPSA) is 75.6 Å². The number of hydrogen-bond acceptors (Lipinski definition) is 3. The molecule has 0 unspecified atom stereocenters. The number of amides is 1. The molecule has 1 aliphatic carbocycles. The van der Waals surface area contributed by atoms with E-state index in [2.05, 4.69) is 11.9 Å². The zero-order valence-corrected chi connectivity index (χ0v) is 9.65. The maximum absolute atomic E-state index is 11.4. The lowest BCUT2D eigenvalue weighted by Crippen LogP contribution is -2.53. The standard InChI is InChI=1S/C12H17NO4/c1-2-9-17-11(16)13-12(7-4-8-12)6-3-5-10(14)15/h2-3,5H,1,4,6-9H2,(H,13,16)(H,14,15)/b5-3+. The van der Waals surface area contributed by atoms with Gasteiger partial charge in [-0.15, -0.1) is 0 Å². The first-order valence-electron chi connectivity index (χ1n) is 5.53. The molecule has 0 radical (unpaired) electrons. The summed E-state index contributed by atoms with van der Waals surface area (Å²) < 4.78 is 4.84. The van der Waals surface area contributed by atoms with E-state index in [0.29, 0.717) is 6.42 Å². The Morgan fingerprint density at radius 3 is 2.65 bits per heavy atom. The van der Waals surface area contributed by atoms with E-state index in [4.69, 9.17) is 9.84 Å². The van der Waals surface area contributed by atoms with Gasteiger partial charge in [0, 0.05) is 11.6 Å². The van der Waals surface area contributed by atoms with Gasteiger partial charge in [0.05, 0.1) is 0 Å². The number of nitrogens with one attached hydrogen (secondary N) is 1. The van der Waals surface area contributed by atoms with E-state index in [9.17, 15) is 9.59 Å². The largest absolute Gasteiger partial charge is 0.478 e. The van der Waals surface area contributed by atoms with Crippen LogP contribution in [0.5, 0.6) is 0 Å². The van der Waals surface area contributed by atoms with Crippen LogP contribution in [0.3, 0.4) is 0 Å². The van der Waals surface area contributed by atoms with E-state index in [1.54, 1.807) is 6.08 Å². The van der Waals surface area contributed by atoms with E-state index in [1.165, 1.54) is 6.08 Å². The van der Waals surface area contributed by atoms with Crippen LogP contribution in [0.4, 0.5) is 4.79 Å². The third-order valence-electron chi connectivity index (χ3n) is 2.78. The maximum Gasteiger partial charge on any atom is 0.407 e. The summed E-state index contributed by atoms with van der Waals surface area (Å²) in [6.45, 7) is 3.62. The first kappa shape index (κ1) is 13.3. The molecule has 5 heteroatoms. The average molecular weight is 239 g/mol. The van der Waals surface area contributed by atoms with E-state index >= 15 is 0 Å². The summed E-state index contributed by atoms with van der Waals surface area (Å²) in [7, 11) is 0. The predicted molar refractivity (Wildman–Crippen MR) is 62.7 cm³/mol. The second kappa shape index (κ2) is 6.08. The van der Waals surface area contributed by atoms with Gasteiger partial charge in [0.2, 0.25) is 0 Å². The molecule has 0 heterocycles. The summed E-state index contributed by atoms with van der Waals surface area (Å²) >= 11 is 0. The van der Waals surface area contributed by atoms with Crippen LogP contribution >= 0.6 is 0 Å². The van der Waals surface area contributed by atoms with E-state index in [-0.39, 0.29) is 12.1 Å². The summed E-state index contributed by atoms with van der Waals surface area (Å²) in [5, 5.41) is 11.3. The predicted octanol–water partition coefficient (Wildman–Crippen LogP) is 1.85. The van der Waals surface area contributed by atoms with Gasteiger partial charge in [-0.2, -0.15) is 0 Å². The SMILES string of the molecule is C=CCOC(=O)NC1(C/C=C/C(=O)O)CCC1. The number of carboxylic acids is 1. The highest BCUT2D eigenvalue weighted by Crippen LogP contribution is 2.35. The van der Waals surface area contributed by atoms with Crippen LogP contribution in [0.1, 0.15) is 25.7 Å². The van der Waals surface area contributed by atoms with Gasteiger partial charge in [-0.1, -0.05) is 18.7 Å². The zero-order chi connectivity index (χ0) is 12.7. The lowest BCUT2D eigenvalue weighted by molar-refractivity contribution is -0.131. The molecule has 17 heavy (non-hydrogen) atoms. The fourth-order valence-corrected chi connectivity index (χ4v) is 1.76. The van der Waals surface area contributed by atoms with E-state index < -0.39 is 12.1 Å². The Hall–Kier alpha value is -1.78. The van der Waals surface area contributed by atoms with Crippen molar-refractivity contribution in [2.24, 2.45) is 0 Å². The lowest BCUT2D eigenvalue weighted by atomic mass is 9.74. The van der Waals surface area contributed by atoms with Crippen LogP contribution in [0.25, 0.3) is 0 Å². The number of carbonyl (C=O) groups is 2. The minimum Gasteiger partial charge on any atom is -0.478 e. The molecule has 0 aromatic carbocycles. The number of ether oxygens (including phenoxy) is 1. The highest BCUT2D eigenvalue weighted by molar-refractivity contribution is 5.79. The third-order valence-corrected chi connectivity index (χ3v) is 2.78. The van der Waals surface area contributed by atoms with Crippen molar-refractivity contribution in [3.8, 4) is 0 Å². The fourth-order valence-electron chi connectivity index (χ4n) is 1.76. The van der Waals surface area contributed by atoms with Gasteiger partial charge in [0.15, 0.2) is 0 Å². The van der Waals surface area contributed by atoms with Crippen molar-refractivity contribution >= 4 is 12.1 Å². The molecule has 0 atom stereocenters. The molecule has 0 bridgehead atoms. The monoisotopic (exact) mass is 239 g/mol. The molecule has 0 saturated heterocycles. The van der Waals surface area contributed by atoms with E-state index in [1.807, 2.05) is 0 Å². The average Bonchev–Trinajstić information content (AvgIpc) is 2.22. The number of carbonyl (C=O) groups excluding carboxylic acids is 1. The molecule has 1 rings (SSSR count). The number of alkyl carbamates (subject to hydrolysis) is 1. The van der Waals surface area contributed by atoms with Crippen LogP contribution in [0, 0.1) is 0 Å². The quantitative estimate of drug-likeness (QED) is 0.548. The van der Waals surface area contributed by atoms with Crippen LogP contribution in [-0.2, 0) is 9.53 Å². The number of hydrogen-bond donors (Lipinski definition) is 2. The molecule has 0 aliphatic heterocycles. The van der Waals surface area contributed by atoms with Gasteiger partial charge >= 0.3 is 12.1 Å². The molecular formula is C12H17NO4. The van der Waals surface area contributed by atoms with Gasteiger partial charge in [0.1, 0.15) is 6.61 Å². The van der Waals surface area contributed by atoms with Crippen LogP contribution in [-0.4, -0.2) is 29.3 Å². The van der Waals surface area contributed by atoms with Gasteiger partial charge in [-0.3, -0.25) is 0 Å². The first-order valence-corrected chi connectivity index (χ1v) is 5.53. The molecule has 0 spiro atoms. The van der Waals surface area contributed by atoms with Crippen molar-refractivity contribution < 1.29 is 19.4 Å². The highest BCUT2D eigenvalue weighted by atomic mass is 16.5. The Morgan fingerprint density at radius 2 is 2.18 bits per heavy atom. The van der Waals surface area contributed by atoms with Gasteiger partial charge in [-0.05, 0) is 25.7 Å². The second-order valence-electron chi connectivity index (χ2n) is 4.09. The van der Waals surface area contributed by atoms with Gasteiger partial charge in [-0.25, -0.2) is 9.59 Å². The summed E-state index contributed by atoms with van der Waals surface area (Å²) in [5.41, 5.74) is -0.329. The second-order valence-corrected chi connectivity index (χ2v) is 4.09. The highest BCUT2D eigenvalue weighted by Gasteiger charge is 2.37. The van der Waals surface area contributed by atoms with Crippen LogP contribution in [0.2, 0.25) is 0 Å². The smallest absolute Gasteiger partial charge is 0.407 e. The van der Waals surface area contributed by atoms with Crippen LogP contribution < -0.4 is 5.32 Å². The van der Waals surface area contributed by atoms with Crippen molar-refractivity contribution in [2.45, 2.75) is 31.2 Å². The summed E-state index contributed by atoms with van der Waals surface area (Å²) in [6.07, 6.45) is 6.92. The number of carboxylic acid groups (broad SMARTS) is 1. The molecule has 1 fully saturated rings. The van der Waals surface area contributed by atoms with Gasteiger partial charge in [0.25, 0.3) is 0 Å². The molecule has 0 aromatic heterocycles. The molecule has 5 nitrogen and oxygen atoms in total.